The van der Waals surface area contributed by atoms with Crippen LogP contribution in [-0.2, 0) is 0 Å². The molecular weight excluding hydrogens is 721 g/mol. The summed E-state index contributed by atoms with van der Waals surface area (Å²) in [6, 6.07) is 88.8. The Labute approximate surface area is 351 Å². The van der Waals surface area contributed by atoms with Gasteiger partial charge in [0.15, 0.2) is 0 Å². The van der Waals surface area contributed by atoms with Crippen molar-refractivity contribution in [2.75, 3.05) is 0 Å². The number of hydrogen-bond acceptors (Lipinski definition) is 0. The summed E-state index contributed by atoms with van der Waals surface area (Å²) in [4.78, 5) is 0. The van der Waals surface area contributed by atoms with E-state index in [0.29, 0.717) is 0 Å². The average Bonchev–Trinajstić information content (AvgIpc) is 3.33. The molecule has 0 aliphatic carbocycles. The lowest BCUT2D eigenvalue weighted by Gasteiger charge is -2.20. The van der Waals surface area contributed by atoms with Gasteiger partial charge in [0.1, 0.15) is 0 Å². The van der Waals surface area contributed by atoms with E-state index in [1.165, 1.54) is 110 Å². The van der Waals surface area contributed by atoms with Crippen LogP contribution in [-0.4, -0.2) is 0 Å². The van der Waals surface area contributed by atoms with Crippen molar-refractivity contribution >= 4 is 32.3 Å². The predicted octanol–water partition coefficient (Wildman–Crippen LogP) is 16.8. The summed E-state index contributed by atoms with van der Waals surface area (Å²) in [6.45, 7) is 0. The number of rotatable bonds is 7. The van der Waals surface area contributed by atoms with E-state index in [9.17, 15) is 0 Å². The Morgan fingerprint density at radius 3 is 1.12 bits per heavy atom. The van der Waals surface area contributed by atoms with Crippen molar-refractivity contribution in [2.45, 2.75) is 0 Å². The zero-order valence-corrected chi connectivity index (χ0v) is 33.1. The van der Waals surface area contributed by atoms with Gasteiger partial charge in [-0.05, 0) is 122 Å². The van der Waals surface area contributed by atoms with Crippen molar-refractivity contribution in [3.05, 3.63) is 243 Å². The van der Waals surface area contributed by atoms with Crippen LogP contribution in [0.25, 0.3) is 110 Å². The normalized spacial score (nSPS) is 11.3. The third-order valence-corrected chi connectivity index (χ3v) is 12.1. The van der Waals surface area contributed by atoms with E-state index in [1.807, 2.05) is 0 Å². The number of fused-ring (bicyclic) bond motifs is 3. The highest BCUT2D eigenvalue weighted by molar-refractivity contribution is 6.22. The van der Waals surface area contributed by atoms with Gasteiger partial charge in [0.2, 0.25) is 0 Å². The first-order valence-corrected chi connectivity index (χ1v) is 20.8. The molecule has 0 aliphatic heterocycles. The van der Waals surface area contributed by atoms with Crippen molar-refractivity contribution in [3.8, 4) is 77.9 Å². The highest BCUT2D eigenvalue weighted by Gasteiger charge is 2.20. The summed E-state index contributed by atoms with van der Waals surface area (Å²) in [5, 5.41) is 7.45. The van der Waals surface area contributed by atoms with E-state index in [0.717, 1.165) is 0 Å². The molecule has 0 bridgehead atoms. The Morgan fingerprint density at radius 1 is 0.167 bits per heavy atom. The fourth-order valence-electron chi connectivity index (χ4n) is 9.40. The molecule has 0 atom stereocenters. The highest BCUT2D eigenvalue weighted by atomic mass is 14.2. The minimum absolute atomic E-state index is 1.19. The Balaban J connectivity index is 1.20. The Kier molecular flexibility index (Phi) is 8.95. The van der Waals surface area contributed by atoms with Crippen LogP contribution in [0.1, 0.15) is 0 Å². The molecule has 0 saturated carbocycles. The van der Waals surface area contributed by atoms with Crippen LogP contribution in [0.4, 0.5) is 0 Å². The van der Waals surface area contributed by atoms with E-state index >= 15 is 0 Å². The molecule has 11 rings (SSSR count). The van der Waals surface area contributed by atoms with Crippen molar-refractivity contribution in [1.29, 1.82) is 0 Å². The van der Waals surface area contributed by atoms with Crippen LogP contribution >= 0.6 is 0 Å². The van der Waals surface area contributed by atoms with Gasteiger partial charge in [-0.2, -0.15) is 0 Å². The zero-order chi connectivity index (χ0) is 39.8. The van der Waals surface area contributed by atoms with Crippen LogP contribution in [0.5, 0.6) is 0 Å². The minimum atomic E-state index is 1.19. The van der Waals surface area contributed by atoms with E-state index in [-0.39, 0.29) is 0 Å². The highest BCUT2D eigenvalue weighted by Crippen LogP contribution is 2.47. The maximum atomic E-state index is 2.46. The first-order valence-electron chi connectivity index (χ1n) is 20.8. The molecule has 0 unspecified atom stereocenters. The molecule has 0 aliphatic rings. The van der Waals surface area contributed by atoms with Crippen molar-refractivity contribution in [2.24, 2.45) is 0 Å². The summed E-state index contributed by atoms with van der Waals surface area (Å²) in [5.74, 6) is 0. The summed E-state index contributed by atoms with van der Waals surface area (Å²) in [7, 11) is 0. The predicted molar refractivity (Wildman–Crippen MR) is 257 cm³/mol. The molecule has 0 heterocycles. The second-order valence-corrected chi connectivity index (χ2v) is 15.5. The molecule has 0 radical (unpaired) electrons. The van der Waals surface area contributed by atoms with E-state index in [4.69, 9.17) is 0 Å². The average molecular weight is 761 g/mol. The molecule has 0 amide bonds. The van der Waals surface area contributed by atoms with Gasteiger partial charge >= 0.3 is 0 Å². The first-order chi connectivity index (χ1) is 29.8. The van der Waals surface area contributed by atoms with Crippen LogP contribution in [0.2, 0.25) is 0 Å². The van der Waals surface area contributed by atoms with Crippen LogP contribution in [0, 0.1) is 0 Å². The molecule has 0 fully saturated rings. The Bertz CT molecular complexity index is 3280. The van der Waals surface area contributed by atoms with Crippen molar-refractivity contribution in [1.82, 2.24) is 0 Å². The summed E-state index contributed by atoms with van der Waals surface area (Å²) in [6.07, 6.45) is 0. The molecule has 0 heteroatoms. The SMILES string of the molecule is c1ccc(-c2ccccc2-c2cccc(-c3c(-c4ccccc4-c4ccccc4)ccc4ccc(-c5c6ccccc6c(-c6ccccc6)c6ccccc56)cc34)c2)cc1. The molecule has 0 aromatic heterocycles. The van der Waals surface area contributed by atoms with Crippen LogP contribution in [0.3, 0.4) is 0 Å². The lowest BCUT2D eigenvalue weighted by molar-refractivity contribution is 1.56. The van der Waals surface area contributed by atoms with Crippen LogP contribution in [0.15, 0.2) is 243 Å². The second-order valence-electron chi connectivity index (χ2n) is 15.5. The number of hydrogen-bond donors (Lipinski definition) is 0. The molecule has 0 N–H and O–H groups in total. The molecule has 60 heavy (non-hydrogen) atoms. The maximum Gasteiger partial charge on any atom is -0.00261 e. The van der Waals surface area contributed by atoms with Gasteiger partial charge in [-0.3, -0.25) is 0 Å². The topological polar surface area (TPSA) is 0 Å². The summed E-state index contributed by atoms with van der Waals surface area (Å²) >= 11 is 0. The van der Waals surface area contributed by atoms with Crippen molar-refractivity contribution in [3.63, 3.8) is 0 Å². The third-order valence-electron chi connectivity index (χ3n) is 12.1. The summed E-state index contributed by atoms with van der Waals surface area (Å²) in [5.41, 5.74) is 17.1. The van der Waals surface area contributed by atoms with Gasteiger partial charge in [0, 0.05) is 0 Å². The van der Waals surface area contributed by atoms with Gasteiger partial charge in [0.05, 0.1) is 0 Å². The molecule has 280 valence electrons. The smallest absolute Gasteiger partial charge is 0.00261 e. The standard InChI is InChI=1S/C60H40/c1-4-19-41(20-5-1)48-27-10-11-29-50(48)45-25-18-26-46(39-45)60-56(51-30-13-12-28-49(51)42-21-6-2-7-22-42)38-37-43-35-36-47(40-57(43)60)59-54-33-16-14-31-52(54)58(44-23-8-3-9-24-44)53-32-15-17-34-55(53)59/h1-40H. The Morgan fingerprint density at radius 2 is 0.550 bits per heavy atom. The van der Waals surface area contributed by atoms with Gasteiger partial charge in [-0.25, -0.2) is 0 Å². The van der Waals surface area contributed by atoms with Gasteiger partial charge in [-0.15, -0.1) is 0 Å². The van der Waals surface area contributed by atoms with Crippen LogP contribution < -0.4 is 0 Å². The molecule has 11 aromatic carbocycles. The molecule has 0 nitrogen and oxygen atoms in total. The monoisotopic (exact) mass is 760 g/mol. The summed E-state index contributed by atoms with van der Waals surface area (Å²) < 4.78 is 0. The molecule has 0 saturated heterocycles. The van der Waals surface area contributed by atoms with E-state index in [2.05, 4.69) is 243 Å². The van der Waals surface area contributed by atoms with Crippen molar-refractivity contribution < 1.29 is 0 Å². The molecule has 0 spiro atoms. The van der Waals surface area contributed by atoms with Gasteiger partial charge in [-0.1, -0.05) is 231 Å². The van der Waals surface area contributed by atoms with E-state index < -0.39 is 0 Å². The fourth-order valence-corrected chi connectivity index (χ4v) is 9.40. The van der Waals surface area contributed by atoms with Gasteiger partial charge in [0.25, 0.3) is 0 Å². The number of benzene rings is 11. The maximum absolute atomic E-state index is 2.46. The Hall–Kier alpha value is -7.80. The molecular formula is C60H40. The second kappa shape index (κ2) is 15.2. The quantitative estimate of drug-likeness (QED) is 0.142. The van der Waals surface area contributed by atoms with Gasteiger partial charge < -0.3 is 0 Å². The lowest BCUT2D eigenvalue weighted by Crippen LogP contribution is -1.93. The zero-order valence-electron chi connectivity index (χ0n) is 33.1. The third kappa shape index (κ3) is 6.18. The fraction of sp³-hybridized carbons (Fsp3) is 0. The molecule has 11 aromatic rings. The minimum Gasteiger partial charge on any atom is -0.0622 e. The van der Waals surface area contributed by atoms with E-state index in [1.54, 1.807) is 0 Å². The first kappa shape index (κ1) is 35.4. The lowest BCUT2D eigenvalue weighted by atomic mass is 9.83. The largest absolute Gasteiger partial charge is 0.0622 e.